The largest absolute Gasteiger partial charge is 0.482 e. The highest BCUT2D eigenvalue weighted by Crippen LogP contribution is 2.23. The van der Waals surface area contributed by atoms with Gasteiger partial charge in [0.25, 0.3) is 5.91 Å². The summed E-state index contributed by atoms with van der Waals surface area (Å²) < 4.78 is 16.0. The highest BCUT2D eigenvalue weighted by Gasteiger charge is 2.15. The third-order valence-corrected chi connectivity index (χ3v) is 4.57. The van der Waals surface area contributed by atoms with Gasteiger partial charge in [-0.3, -0.25) is 4.79 Å². The lowest BCUT2D eigenvalue weighted by molar-refractivity contribution is -0.136. The number of hydrogen-bond acceptors (Lipinski definition) is 6. The van der Waals surface area contributed by atoms with E-state index in [2.05, 4.69) is 5.32 Å². The molecule has 0 spiro atoms. The molecule has 0 aliphatic carbocycles. The zero-order chi connectivity index (χ0) is 22.5. The van der Waals surface area contributed by atoms with Crippen molar-refractivity contribution in [3.05, 3.63) is 69.0 Å². The third-order valence-electron chi connectivity index (χ3n) is 4.34. The summed E-state index contributed by atoms with van der Waals surface area (Å²) in [6.45, 7) is 5.86. The molecule has 0 bridgehead atoms. The van der Waals surface area contributed by atoms with Crippen LogP contribution in [-0.2, 0) is 4.79 Å². The van der Waals surface area contributed by atoms with E-state index in [-0.39, 0.29) is 29.4 Å². The molecule has 1 heterocycles. The molecule has 1 amide bonds. The van der Waals surface area contributed by atoms with Crippen LogP contribution in [0.5, 0.6) is 11.5 Å². The van der Waals surface area contributed by atoms with Gasteiger partial charge in [0.1, 0.15) is 22.6 Å². The number of amides is 1. The molecule has 0 saturated carbocycles. The monoisotopic (exact) mass is 443 g/mol. The fraction of sp³-hybridized carbons (Fsp3) is 0.261. The van der Waals surface area contributed by atoms with Gasteiger partial charge in [-0.05, 0) is 54.8 Å². The number of nitrogens with one attached hydrogen (secondary N) is 1. The molecule has 1 N–H and O–H groups in total. The van der Waals surface area contributed by atoms with Gasteiger partial charge >= 0.3 is 11.6 Å². The van der Waals surface area contributed by atoms with Gasteiger partial charge in [0.15, 0.2) is 6.61 Å². The van der Waals surface area contributed by atoms with E-state index in [9.17, 15) is 14.4 Å². The number of aryl methyl sites for hydroxylation is 1. The van der Waals surface area contributed by atoms with Crippen molar-refractivity contribution in [1.29, 1.82) is 0 Å². The Bertz CT molecular complexity index is 1180. The minimum absolute atomic E-state index is 0.0790. The average Bonchev–Trinajstić information content (AvgIpc) is 2.70. The molecule has 1 aromatic heterocycles. The number of fused-ring (bicyclic) bond motifs is 1. The van der Waals surface area contributed by atoms with E-state index < -0.39 is 17.5 Å². The highest BCUT2D eigenvalue weighted by molar-refractivity contribution is 6.30. The van der Waals surface area contributed by atoms with Gasteiger partial charge in [0, 0.05) is 23.0 Å². The molecule has 7 nitrogen and oxygen atoms in total. The molecule has 2 aromatic carbocycles. The molecular formula is C23H22ClNO6. The van der Waals surface area contributed by atoms with Crippen LogP contribution in [-0.4, -0.2) is 25.0 Å². The van der Waals surface area contributed by atoms with Crippen LogP contribution in [0.1, 0.15) is 29.8 Å². The van der Waals surface area contributed by atoms with E-state index in [0.29, 0.717) is 22.7 Å². The average molecular weight is 444 g/mol. The molecule has 0 radical (unpaired) electrons. The van der Waals surface area contributed by atoms with Crippen molar-refractivity contribution < 1.29 is 23.5 Å². The van der Waals surface area contributed by atoms with E-state index in [1.54, 1.807) is 30.3 Å². The standard InChI is InChI=1S/C23H22ClNO6/c1-13(2)11-25-22(27)18-9-15-4-6-17(10-20(15)31-23(18)28)30-21(26)12-29-19-7-5-16(24)8-14(19)3/h4-10,13H,11-12H2,1-3H3,(H,25,27). The zero-order valence-corrected chi connectivity index (χ0v) is 18.1. The van der Waals surface area contributed by atoms with Crippen LogP contribution in [0.3, 0.4) is 0 Å². The van der Waals surface area contributed by atoms with Gasteiger partial charge in [-0.25, -0.2) is 9.59 Å². The van der Waals surface area contributed by atoms with E-state index in [0.717, 1.165) is 5.56 Å². The van der Waals surface area contributed by atoms with Crippen LogP contribution in [0.2, 0.25) is 5.02 Å². The maximum absolute atomic E-state index is 12.2. The number of benzene rings is 2. The van der Waals surface area contributed by atoms with E-state index >= 15 is 0 Å². The molecule has 162 valence electrons. The Hall–Kier alpha value is -3.32. The van der Waals surface area contributed by atoms with E-state index in [1.165, 1.54) is 12.1 Å². The van der Waals surface area contributed by atoms with Crippen LogP contribution in [0.25, 0.3) is 11.0 Å². The predicted octanol–water partition coefficient (Wildman–Crippen LogP) is 4.13. The lowest BCUT2D eigenvalue weighted by Gasteiger charge is -2.10. The van der Waals surface area contributed by atoms with Gasteiger partial charge in [0.2, 0.25) is 0 Å². The van der Waals surface area contributed by atoms with Crippen molar-refractivity contribution in [2.75, 3.05) is 13.2 Å². The Morgan fingerprint density at radius 2 is 1.90 bits per heavy atom. The first-order chi connectivity index (χ1) is 14.7. The quantitative estimate of drug-likeness (QED) is 0.335. The van der Waals surface area contributed by atoms with Crippen LogP contribution >= 0.6 is 11.6 Å². The fourth-order valence-electron chi connectivity index (χ4n) is 2.78. The smallest absolute Gasteiger partial charge is 0.349 e. The summed E-state index contributed by atoms with van der Waals surface area (Å²) in [6.07, 6.45) is 0. The number of ether oxygens (including phenoxy) is 2. The molecule has 3 rings (SSSR count). The summed E-state index contributed by atoms with van der Waals surface area (Å²) in [5.41, 5.74) is 0.148. The van der Waals surface area contributed by atoms with Crippen molar-refractivity contribution in [2.45, 2.75) is 20.8 Å². The zero-order valence-electron chi connectivity index (χ0n) is 17.4. The normalized spacial score (nSPS) is 10.9. The van der Waals surface area contributed by atoms with Gasteiger partial charge < -0.3 is 19.2 Å². The number of hydrogen-bond donors (Lipinski definition) is 1. The molecule has 0 unspecified atom stereocenters. The lowest BCUT2D eigenvalue weighted by atomic mass is 10.1. The van der Waals surface area contributed by atoms with Crippen LogP contribution in [0.4, 0.5) is 0 Å². The molecule has 0 saturated heterocycles. The second-order valence-corrected chi connectivity index (χ2v) is 7.86. The molecule has 3 aromatic rings. The Morgan fingerprint density at radius 3 is 2.61 bits per heavy atom. The highest BCUT2D eigenvalue weighted by atomic mass is 35.5. The summed E-state index contributed by atoms with van der Waals surface area (Å²) in [5, 5.41) is 3.79. The first-order valence-electron chi connectivity index (χ1n) is 9.68. The Morgan fingerprint density at radius 1 is 1.13 bits per heavy atom. The topological polar surface area (TPSA) is 94.8 Å². The maximum Gasteiger partial charge on any atom is 0.349 e. The van der Waals surface area contributed by atoms with Crippen molar-refractivity contribution in [3.8, 4) is 11.5 Å². The SMILES string of the molecule is Cc1cc(Cl)ccc1OCC(=O)Oc1ccc2cc(C(=O)NCC(C)C)c(=O)oc2c1. The Balaban J connectivity index is 1.69. The number of carbonyl (C=O) groups is 2. The maximum atomic E-state index is 12.2. The van der Waals surface area contributed by atoms with E-state index in [4.69, 9.17) is 25.5 Å². The molecular weight excluding hydrogens is 422 g/mol. The molecule has 0 aliphatic rings. The second kappa shape index (κ2) is 9.66. The fourth-order valence-corrected chi connectivity index (χ4v) is 3.00. The molecule has 8 heteroatoms. The first kappa shape index (κ1) is 22.4. The summed E-state index contributed by atoms with van der Waals surface area (Å²) in [5.74, 6) is -0.153. The van der Waals surface area contributed by atoms with Gasteiger partial charge in [-0.2, -0.15) is 0 Å². The predicted molar refractivity (Wildman–Crippen MR) is 117 cm³/mol. The van der Waals surface area contributed by atoms with Crippen molar-refractivity contribution >= 4 is 34.4 Å². The Kier molecular flexibility index (Phi) is 6.97. The van der Waals surface area contributed by atoms with Crippen molar-refractivity contribution in [1.82, 2.24) is 5.32 Å². The number of esters is 1. The van der Waals surface area contributed by atoms with Crippen LogP contribution < -0.4 is 20.4 Å². The second-order valence-electron chi connectivity index (χ2n) is 7.42. The number of halogens is 1. The molecule has 0 atom stereocenters. The van der Waals surface area contributed by atoms with Crippen molar-refractivity contribution in [3.63, 3.8) is 0 Å². The summed E-state index contributed by atoms with van der Waals surface area (Å²) >= 11 is 5.90. The minimum atomic E-state index is -0.765. The van der Waals surface area contributed by atoms with Gasteiger partial charge in [-0.15, -0.1) is 0 Å². The molecule has 0 aliphatic heterocycles. The van der Waals surface area contributed by atoms with Crippen LogP contribution in [0.15, 0.2) is 51.7 Å². The van der Waals surface area contributed by atoms with Crippen LogP contribution in [0, 0.1) is 12.8 Å². The summed E-state index contributed by atoms with van der Waals surface area (Å²) in [6, 6.07) is 11.1. The molecule has 31 heavy (non-hydrogen) atoms. The summed E-state index contributed by atoms with van der Waals surface area (Å²) in [4.78, 5) is 36.5. The van der Waals surface area contributed by atoms with Gasteiger partial charge in [-0.1, -0.05) is 25.4 Å². The number of carbonyl (C=O) groups excluding carboxylic acids is 2. The lowest BCUT2D eigenvalue weighted by Crippen LogP contribution is -2.31. The Labute approximate surface area is 183 Å². The van der Waals surface area contributed by atoms with Gasteiger partial charge in [0.05, 0.1) is 0 Å². The summed E-state index contributed by atoms with van der Waals surface area (Å²) in [7, 11) is 0. The third kappa shape index (κ3) is 5.86. The first-order valence-corrected chi connectivity index (χ1v) is 10.1. The minimum Gasteiger partial charge on any atom is -0.482 e. The van der Waals surface area contributed by atoms with Crippen molar-refractivity contribution in [2.24, 2.45) is 5.92 Å². The number of rotatable bonds is 7. The van der Waals surface area contributed by atoms with E-state index in [1.807, 2.05) is 20.8 Å². The molecule has 0 fully saturated rings.